The van der Waals surface area contributed by atoms with Crippen LogP contribution in [0.3, 0.4) is 0 Å². The molecule has 370 valence electrons. The summed E-state index contributed by atoms with van der Waals surface area (Å²) in [5.74, 6) is -2.65. The standard InChI is InChI=1S/C24H26N6O3.C23H23N5O3.C2HF3O2/c1-14-21-16(12-19(27-14)24(32)30-9-7-29(2)8-10-30)22(17(13-26-21)23(25)31)28-18-4-3-5-20-15(18)6-11-33-20;1-12-20-15(10-18(26-12)22(24)29)21(16(11-25-20)23(30)27-13-4-2-5-13)28-17-6-3-7-19-14(17)8-9-31-19;3-2(4,5)1(6)7/h3-5,12-13H,6-11H2,1-2H3,(H2,25,31)(H,26,28);3,6-7,10-11,13H,2,4-5,8-9H2,1H3,(H2,24,29)(H,25,28)(H,27,30);(H,6,7). The molecule has 71 heavy (non-hydrogen) atoms. The second-order valence-electron chi connectivity index (χ2n) is 17.3. The number of anilines is 4. The molecule has 0 bridgehead atoms. The first-order valence-corrected chi connectivity index (χ1v) is 22.7. The molecule has 0 spiro atoms. The van der Waals surface area contributed by atoms with E-state index < -0.39 is 24.0 Å². The van der Waals surface area contributed by atoms with Crippen LogP contribution < -0.4 is 36.9 Å². The first kappa shape index (κ1) is 49.3. The van der Waals surface area contributed by atoms with Crippen molar-refractivity contribution in [3.8, 4) is 11.5 Å². The average Bonchev–Trinajstić information content (AvgIpc) is 4.02. The molecule has 8 N–H and O–H groups in total. The molecule has 0 unspecified atom stereocenters. The van der Waals surface area contributed by atoms with E-state index >= 15 is 0 Å². The van der Waals surface area contributed by atoms with Crippen LogP contribution in [0.4, 0.5) is 35.9 Å². The summed E-state index contributed by atoms with van der Waals surface area (Å²) in [6.45, 7) is 7.75. The molecule has 19 nitrogen and oxygen atoms in total. The molecule has 22 heteroatoms. The lowest BCUT2D eigenvalue weighted by Gasteiger charge is -2.32. The van der Waals surface area contributed by atoms with Crippen LogP contribution in [-0.4, -0.2) is 123 Å². The van der Waals surface area contributed by atoms with E-state index in [1.54, 1.807) is 25.3 Å². The van der Waals surface area contributed by atoms with Gasteiger partial charge in [-0.3, -0.25) is 29.1 Å². The minimum Gasteiger partial charge on any atom is -0.493 e. The normalized spacial score (nSPS) is 15.1. The van der Waals surface area contributed by atoms with E-state index in [4.69, 9.17) is 30.8 Å². The van der Waals surface area contributed by atoms with Crippen LogP contribution in [0.15, 0.2) is 60.9 Å². The number of alkyl halides is 3. The summed E-state index contributed by atoms with van der Waals surface area (Å²) >= 11 is 0. The molecular formula is C49H50F3N11O8. The van der Waals surface area contributed by atoms with Crippen molar-refractivity contribution in [3.05, 3.63) is 106 Å². The van der Waals surface area contributed by atoms with Gasteiger partial charge in [0, 0.05) is 90.7 Å². The fourth-order valence-electron chi connectivity index (χ4n) is 8.51. The van der Waals surface area contributed by atoms with Gasteiger partial charge in [-0.05, 0) is 76.6 Å². The number of primary amides is 2. The molecule has 4 aliphatic rings. The zero-order valence-electron chi connectivity index (χ0n) is 38.9. The highest BCUT2D eigenvalue weighted by Crippen LogP contribution is 2.39. The van der Waals surface area contributed by atoms with Crippen LogP contribution >= 0.6 is 0 Å². The number of rotatable bonds is 9. The van der Waals surface area contributed by atoms with E-state index in [9.17, 15) is 32.3 Å². The van der Waals surface area contributed by atoms with Gasteiger partial charge < -0.3 is 51.8 Å². The monoisotopic (exact) mass is 977 g/mol. The van der Waals surface area contributed by atoms with E-state index in [0.717, 1.165) is 79.2 Å². The zero-order valence-corrected chi connectivity index (χ0v) is 38.9. The molecule has 4 aromatic heterocycles. The molecule has 0 atom stereocenters. The van der Waals surface area contributed by atoms with Crippen molar-refractivity contribution in [2.45, 2.75) is 58.2 Å². The summed E-state index contributed by atoms with van der Waals surface area (Å²) in [7, 11) is 2.04. The fraction of sp³-hybridized carbons (Fsp3) is 0.327. The molecule has 6 aromatic rings. The van der Waals surface area contributed by atoms with E-state index in [1.165, 1.54) is 6.20 Å². The Morgan fingerprint density at radius 3 is 1.70 bits per heavy atom. The number of fused-ring (bicyclic) bond motifs is 4. The number of benzene rings is 2. The van der Waals surface area contributed by atoms with E-state index in [-0.39, 0.29) is 29.1 Å². The average molecular weight is 978 g/mol. The van der Waals surface area contributed by atoms with Gasteiger partial charge in [-0.1, -0.05) is 12.1 Å². The Morgan fingerprint density at radius 1 is 0.732 bits per heavy atom. The smallest absolute Gasteiger partial charge is 0.490 e. The maximum absolute atomic E-state index is 13.2. The molecule has 4 amide bonds. The number of aryl methyl sites for hydroxylation is 2. The second-order valence-corrected chi connectivity index (χ2v) is 17.3. The Balaban J connectivity index is 0.000000168. The van der Waals surface area contributed by atoms with Crippen LogP contribution in [0.2, 0.25) is 0 Å². The minimum atomic E-state index is -5.08. The third-order valence-corrected chi connectivity index (χ3v) is 12.5. The summed E-state index contributed by atoms with van der Waals surface area (Å²) in [4.78, 5) is 81.1. The number of nitrogens with zero attached hydrogens (tertiary/aromatic N) is 6. The number of hydrogen-bond donors (Lipinski definition) is 6. The quantitative estimate of drug-likeness (QED) is 0.101. The number of carbonyl (C=O) groups is 5. The maximum Gasteiger partial charge on any atom is 0.490 e. The lowest BCUT2D eigenvalue weighted by atomic mass is 9.93. The number of piperazine rings is 1. The Hall–Kier alpha value is -8.14. The molecule has 2 aromatic carbocycles. The number of carboxylic acid groups (broad SMARTS) is 1. The Morgan fingerprint density at radius 2 is 1.23 bits per heavy atom. The van der Waals surface area contributed by atoms with Crippen LogP contribution in [0, 0.1) is 13.8 Å². The molecule has 1 aliphatic carbocycles. The van der Waals surface area contributed by atoms with Crippen molar-refractivity contribution in [1.82, 2.24) is 35.1 Å². The molecule has 3 aliphatic heterocycles. The van der Waals surface area contributed by atoms with Gasteiger partial charge in [0.25, 0.3) is 23.6 Å². The predicted octanol–water partition coefficient (Wildman–Crippen LogP) is 5.73. The van der Waals surface area contributed by atoms with E-state index in [0.29, 0.717) is 82.1 Å². The second kappa shape index (κ2) is 20.4. The van der Waals surface area contributed by atoms with Gasteiger partial charge in [0.2, 0.25) is 0 Å². The van der Waals surface area contributed by atoms with Gasteiger partial charge in [0.1, 0.15) is 22.9 Å². The molecule has 2 fully saturated rings. The highest BCUT2D eigenvalue weighted by atomic mass is 19.4. The number of aromatic nitrogens is 4. The molecule has 7 heterocycles. The van der Waals surface area contributed by atoms with Gasteiger partial charge in [-0.2, -0.15) is 13.2 Å². The highest BCUT2D eigenvalue weighted by molar-refractivity contribution is 6.11. The fourth-order valence-corrected chi connectivity index (χ4v) is 8.51. The van der Waals surface area contributed by atoms with Crippen molar-refractivity contribution in [2.24, 2.45) is 11.5 Å². The van der Waals surface area contributed by atoms with Gasteiger partial charge in [0.05, 0.1) is 58.1 Å². The van der Waals surface area contributed by atoms with Gasteiger partial charge >= 0.3 is 12.1 Å². The number of hydrogen-bond acceptors (Lipinski definition) is 14. The number of nitrogens with two attached hydrogens (primary N) is 2. The Kier molecular flexibility index (Phi) is 14.2. The van der Waals surface area contributed by atoms with Gasteiger partial charge in [0.15, 0.2) is 0 Å². The van der Waals surface area contributed by atoms with Crippen molar-refractivity contribution in [2.75, 3.05) is 57.1 Å². The third kappa shape index (κ3) is 10.7. The number of ether oxygens (including phenoxy) is 2. The number of amides is 4. The van der Waals surface area contributed by atoms with Crippen LogP contribution in [-0.2, 0) is 17.6 Å². The highest BCUT2D eigenvalue weighted by Gasteiger charge is 2.38. The SMILES string of the molecule is Cc1nc(C(=O)N2CCN(C)CC2)cc2c(Nc3cccc4c3CCO4)c(C(N)=O)cnc12.Cc1nc(C(N)=O)cc2c(Nc3cccc4c3CCO4)c(C(=O)NC3CCC3)cnc12.O=C(O)C(F)(F)F. The molecule has 1 saturated carbocycles. The number of pyridine rings is 4. The molecular weight excluding hydrogens is 928 g/mol. The van der Waals surface area contributed by atoms with E-state index in [1.807, 2.05) is 55.3 Å². The number of nitrogens with one attached hydrogen (secondary N) is 3. The summed E-state index contributed by atoms with van der Waals surface area (Å²) < 4.78 is 43.1. The largest absolute Gasteiger partial charge is 0.493 e. The van der Waals surface area contributed by atoms with Crippen molar-refractivity contribution in [3.63, 3.8) is 0 Å². The summed E-state index contributed by atoms with van der Waals surface area (Å²) in [6, 6.07) is 15.1. The minimum absolute atomic E-state index is 0.127. The Labute approximate surface area is 404 Å². The van der Waals surface area contributed by atoms with Crippen molar-refractivity contribution < 1.29 is 51.7 Å². The van der Waals surface area contributed by atoms with Crippen LogP contribution in [0.25, 0.3) is 21.8 Å². The predicted molar refractivity (Wildman–Crippen MR) is 256 cm³/mol. The first-order chi connectivity index (χ1) is 33.9. The lowest BCUT2D eigenvalue weighted by molar-refractivity contribution is -0.192. The summed E-state index contributed by atoms with van der Waals surface area (Å²) in [6.07, 6.45) is 2.57. The molecule has 0 radical (unpaired) electrons. The van der Waals surface area contributed by atoms with Crippen molar-refractivity contribution >= 4 is 74.2 Å². The lowest BCUT2D eigenvalue weighted by Crippen LogP contribution is -2.47. The summed E-state index contributed by atoms with van der Waals surface area (Å²) in [5.41, 5.74) is 19.6. The summed E-state index contributed by atoms with van der Waals surface area (Å²) in [5, 5.41) is 18.3. The number of halogens is 3. The van der Waals surface area contributed by atoms with Crippen molar-refractivity contribution in [1.29, 1.82) is 0 Å². The first-order valence-electron chi connectivity index (χ1n) is 22.7. The topological polar surface area (TPSA) is 270 Å². The number of carbonyl (C=O) groups excluding carboxylic acids is 4. The third-order valence-electron chi connectivity index (χ3n) is 12.5. The van der Waals surface area contributed by atoms with Crippen LogP contribution in [0.5, 0.6) is 11.5 Å². The van der Waals surface area contributed by atoms with E-state index in [2.05, 4.69) is 40.8 Å². The maximum atomic E-state index is 13.2. The van der Waals surface area contributed by atoms with Crippen LogP contribution in [0.1, 0.15) is 83.5 Å². The number of carboxylic acids is 1. The zero-order chi connectivity index (χ0) is 50.7. The number of likely N-dealkylation sites (N-methyl/N-ethyl adjacent to an activating group) is 1. The number of aliphatic carboxylic acids is 1. The molecule has 10 rings (SSSR count). The molecule has 1 saturated heterocycles. The van der Waals surface area contributed by atoms with Gasteiger partial charge in [-0.25, -0.2) is 14.8 Å². The van der Waals surface area contributed by atoms with Gasteiger partial charge in [-0.15, -0.1) is 0 Å². The Bertz CT molecular complexity index is 3100.